The van der Waals surface area contributed by atoms with Crippen LogP contribution in [0.2, 0.25) is 0 Å². The van der Waals surface area contributed by atoms with Gasteiger partial charge in [0.05, 0.1) is 6.54 Å². The predicted molar refractivity (Wildman–Crippen MR) is 82.1 cm³/mol. The molecule has 1 saturated heterocycles. The van der Waals surface area contributed by atoms with Crippen molar-refractivity contribution in [3.63, 3.8) is 0 Å². The van der Waals surface area contributed by atoms with Gasteiger partial charge in [-0.25, -0.2) is 4.79 Å². The Hall–Kier alpha value is -1.34. The molecule has 0 spiro atoms. The Labute approximate surface area is 131 Å². The van der Waals surface area contributed by atoms with Gasteiger partial charge in [0, 0.05) is 25.6 Å². The zero-order valence-electron chi connectivity index (χ0n) is 12.4. The number of hydrogen-bond donors (Lipinski definition) is 3. The number of nitrogens with zero attached hydrogens (tertiary/aromatic N) is 1. The van der Waals surface area contributed by atoms with Gasteiger partial charge < -0.3 is 16.4 Å². The van der Waals surface area contributed by atoms with Crippen LogP contribution in [0.15, 0.2) is 0 Å². The van der Waals surface area contributed by atoms with Crippen LogP contribution >= 0.6 is 12.4 Å². The summed E-state index contributed by atoms with van der Waals surface area (Å²) in [6.07, 6.45) is 3.74. The second kappa shape index (κ2) is 10.4. The first-order valence-electron chi connectivity index (χ1n) is 7.16. The fraction of sp³-hybridized carbons (Fsp3) is 0.769. The number of unbranched alkanes of at least 4 members (excludes halogenated alkanes) is 1. The topological polar surface area (TPSA) is 105 Å². The summed E-state index contributed by atoms with van der Waals surface area (Å²) >= 11 is 0. The first-order chi connectivity index (χ1) is 9.58. The highest BCUT2D eigenvalue weighted by Crippen LogP contribution is 2.03. The summed E-state index contributed by atoms with van der Waals surface area (Å²) in [4.78, 5) is 35.5. The van der Waals surface area contributed by atoms with Crippen molar-refractivity contribution in [2.45, 2.75) is 45.1 Å². The average molecular weight is 321 g/mol. The van der Waals surface area contributed by atoms with Crippen LogP contribution in [0.5, 0.6) is 0 Å². The molecular weight excluding hydrogens is 296 g/mol. The van der Waals surface area contributed by atoms with Crippen LogP contribution in [0.1, 0.15) is 39.0 Å². The van der Waals surface area contributed by atoms with Crippen molar-refractivity contribution in [1.29, 1.82) is 0 Å². The van der Waals surface area contributed by atoms with Gasteiger partial charge in [0.25, 0.3) is 0 Å². The normalized spacial score (nSPS) is 15.4. The number of nitrogens with one attached hydrogen (secondary N) is 2. The van der Waals surface area contributed by atoms with Gasteiger partial charge in [-0.15, -0.1) is 12.4 Å². The lowest BCUT2D eigenvalue weighted by molar-refractivity contribution is -0.126. The molecule has 21 heavy (non-hydrogen) atoms. The Morgan fingerprint density at radius 3 is 2.67 bits per heavy atom. The Balaban J connectivity index is 0.00000400. The van der Waals surface area contributed by atoms with Gasteiger partial charge in [0.1, 0.15) is 0 Å². The van der Waals surface area contributed by atoms with E-state index in [2.05, 4.69) is 17.6 Å². The molecule has 1 aliphatic heterocycles. The standard InChI is InChI=1S/C13H24N4O3.ClH/c1-2-3-5-10(8-14)16-11(18)6-4-7-17-12(19)9-15-13(17)20;/h10H,2-9,14H2,1H3,(H,15,20)(H,16,18);1H. The summed E-state index contributed by atoms with van der Waals surface area (Å²) in [6.45, 7) is 2.85. The summed E-state index contributed by atoms with van der Waals surface area (Å²) < 4.78 is 0. The molecule has 0 aromatic carbocycles. The van der Waals surface area contributed by atoms with E-state index in [0.717, 1.165) is 24.2 Å². The van der Waals surface area contributed by atoms with E-state index in [4.69, 9.17) is 5.73 Å². The van der Waals surface area contributed by atoms with Crippen molar-refractivity contribution in [3.05, 3.63) is 0 Å². The van der Waals surface area contributed by atoms with Crippen LogP contribution in [0.4, 0.5) is 4.79 Å². The number of urea groups is 1. The van der Waals surface area contributed by atoms with Crippen molar-refractivity contribution in [2.75, 3.05) is 19.6 Å². The Morgan fingerprint density at radius 2 is 2.14 bits per heavy atom. The third kappa shape index (κ3) is 6.77. The molecule has 1 heterocycles. The fourth-order valence-electron chi connectivity index (χ4n) is 2.08. The van der Waals surface area contributed by atoms with E-state index in [1.807, 2.05) is 0 Å². The van der Waals surface area contributed by atoms with Crippen LogP contribution in [0.25, 0.3) is 0 Å². The largest absolute Gasteiger partial charge is 0.352 e. The van der Waals surface area contributed by atoms with E-state index in [-0.39, 0.29) is 49.4 Å². The SMILES string of the molecule is CCCCC(CN)NC(=O)CCCN1C(=O)CNC1=O.Cl. The minimum atomic E-state index is -0.377. The highest BCUT2D eigenvalue weighted by atomic mass is 35.5. The highest BCUT2D eigenvalue weighted by molar-refractivity contribution is 6.01. The van der Waals surface area contributed by atoms with Crippen molar-refractivity contribution >= 4 is 30.3 Å². The van der Waals surface area contributed by atoms with Crippen molar-refractivity contribution in [3.8, 4) is 0 Å². The number of nitrogens with two attached hydrogens (primary N) is 1. The summed E-state index contributed by atoms with van der Waals surface area (Å²) in [6, 6.07) is -0.364. The van der Waals surface area contributed by atoms with Crippen LogP contribution in [-0.4, -0.2) is 48.4 Å². The zero-order chi connectivity index (χ0) is 15.0. The number of carbonyl (C=O) groups excluding carboxylic acids is 3. The van der Waals surface area contributed by atoms with Gasteiger partial charge in [-0.3, -0.25) is 14.5 Å². The quantitative estimate of drug-likeness (QED) is 0.534. The van der Waals surface area contributed by atoms with E-state index in [1.54, 1.807) is 0 Å². The molecule has 7 nitrogen and oxygen atoms in total. The fourth-order valence-corrected chi connectivity index (χ4v) is 2.08. The zero-order valence-corrected chi connectivity index (χ0v) is 13.2. The van der Waals surface area contributed by atoms with E-state index in [1.165, 1.54) is 0 Å². The molecule has 8 heteroatoms. The smallest absolute Gasteiger partial charge is 0.324 e. The molecule has 4 N–H and O–H groups in total. The first-order valence-corrected chi connectivity index (χ1v) is 7.16. The molecule has 1 aliphatic rings. The summed E-state index contributed by atoms with van der Waals surface area (Å²) in [5, 5.41) is 5.32. The molecular formula is C13H25ClN4O3. The average Bonchev–Trinajstić information content (AvgIpc) is 2.75. The van der Waals surface area contributed by atoms with Gasteiger partial charge in [0.2, 0.25) is 11.8 Å². The molecule has 122 valence electrons. The van der Waals surface area contributed by atoms with E-state index in [0.29, 0.717) is 19.4 Å². The minimum absolute atomic E-state index is 0. The Morgan fingerprint density at radius 1 is 1.43 bits per heavy atom. The Bertz CT molecular complexity index is 349. The van der Waals surface area contributed by atoms with Gasteiger partial charge in [-0.05, 0) is 12.8 Å². The summed E-state index contributed by atoms with van der Waals surface area (Å²) in [7, 11) is 0. The lowest BCUT2D eigenvalue weighted by atomic mass is 10.1. The van der Waals surface area contributed by atoms with Crippen LogP contribution in [0.3, 0.4) is 0 Å². The monoisotopic (exact) mass is 320 g/mol. The maximum Gasteiger partial charge on any atom is 0.324 e. The summed E-state index contributed by atoms with van der Waals surface area (Å²) in [5.41, 5.74) is 5.61. The van der Waals surface area contributed by atoms with Crippen molar-refractivity contribution < 1.29 is 14.4 Å². The minimum Gasteiger partial charge on any atom is -0.352 e. The second-order valence-corrected chi connectivity index (χ2v) is 4.95. The Kier molecular flexibility index (Phi) is 9.73. The maximum absolute atomic E-state index is 11.7. The van der Waals surface area contributed by atoms with Gasteiger partial charge in [-0.1, -0.05) is 19.8 Å². The second-order valence-electron chi connectivity index (χ2n) is 4.95. The molecule has 1 fully saturated rings. The third-order valence-corrected chi connectivity index (χ3v) is 3.28. The number of rotatable bonds is 9. The number of imide groups is 1. The molecule has 0 aromatic rings. The number of hydrogen-bond acceptors (Lipinski definition) is 4. The van der Waals surface area contributed by atoms with Gasteiger partial charge >= 0.3 is 6.03 Å². The van der Waals surface area contributed by atoms with Crippen molar-refractivity contribution in [2.24, 2.45) is 5.73 Å². The molecule has 0 aromatic heterocycles. The molecule has 1 atom stereocenters. The number of halogens is 1. The lowest BCUT2D eigenvalue weighted by Crippen LogP contribution is -2.40. The molecule has 0 saturated carbocycles. The van der Waals surface area contributed by atoms with Crippen LogP contribution in [-0.2, 0) is 9.59 Å². The highest BCUT2D eigenvalue weighted by Gasteiger charge is 2.27. The molecule has 1 unspecified atom stereocenters. The van der Waals surface area contributed by atoms with Crippen molar-refractivity contribution in [1.82, 2.24) is 15.5 Å². The summed E-state index contributed by atoms with van der Waals surface area (Å²) in [5.74, 6) is -0.318. The first kappa shape index (κ1) is 19.7. The predicted octanol–water partition coefficient (Wildman–Crippen LogP) is 0.374. The van der Waals surface area contributed by atoms with Gasteiger partial charge in [0.15, 0.2) is 0 Å². The molecule has 0 radical (unpaired) electrons. The van der Waals surface area contributed by atoms with Crippen LogP contribution in [0, 0.1) is 0 Å². The third-order valence-electron chi connectivity index (χ3n) is 3.28. The van der Waals surface area contributed by atoms with Crippen LogP contribution < -0.4 is 16.4 Å². The number of amides is 4. The lowest BCUT2D eigenvalue weighted by Gasteiger charge is -2.17. The molecule has 1 rings (SSSR count). The van der Waals surface area contributed by atoms with E-state index < -0.39 is 0 Å². The van der Waals surface area contributed by atoms with E-state index >= 15 is 0 Å². The molecule has 0 bridgehead atoms. The maximum atomic E-state index is 11.7. The molecule has 0 aliphatic carbocycles. The number of carbonyl (C=O) groups is 3. The van der Waals surface area contributed by atoms with E-state index in [9.17, 15) is 14.4 Å². The van der Waals surface area contributed by atoms with Gasteiger partial charge in [-0.2, -0.15) is 0 Å². The molecule has 4 amide bonds.